The molecule has 0 aromatic heterocycles. The van der Waals surface area contributed by atoms with Gasteiger partial charge >= 0.3 is 0 Å². The molecule has 112 valence electrons. The summed E-state index contributed by atoms with van der Waals surface area (Å²) in [5.74, 6) is 0.793. The van der Waals surface area contributed by atoms with Gasteiger partial charge in [-0.25, -0.2) is 0 Å². The van der Waals surface area contributed by atoms with E-state index in [2.05, 4.69) is 0 Å². The third-order valence-corrected chi connectivity index (χ3v) is 3.95. The number of hydrogen-bond acceptors (Lipinski definition) is 2. The van der Waals surface area contributed by atoms with Crippen LogP contribution < -0.4 is 4.74 Å². The number of aliphatic hydroxyl groups excluding tert-OH is 1. The van der Waals surface area contributed by atoms with Gasteiger partial charge in [-0.15, -0.1) is 0 Å². The molecule has 0 saturated carbocycles. The van der Waals surface area contributed by atoms with Crippen molar-refractivity contribution in [3.63, 3.8) is 0 Å². The molecule has 1 unspecified atom stereocenters. The molecule has 0 bridgehead atoms. The summed E-state index contributed by atoms with van der Waals surface area (Å²) in [7, 11) is 1.64. The van der Waals surface area contributed by atoms with E-state index in [9.17, 15) is 5.11 Å². The van der Waals surface area contributed by atoms with Crippen LogP contribution in [0.4, 0.5) is 0 Å². The van der Waals surface area contributed by atoms with Crippen molar-refractivity contribution in [2.24, 2.45) is 0 Å². The first-order valence-electron chi connectivity index (χ1n) is 6.75. The van der Waals surface area contributed by atoms with E-state index < -0.39 is 6.10 Å². The summed E-state index contributed by atoms with van der Waals surface area (Å²) in [6.07, 6.45) is 0.469. The fourth-order valence-electron chi connectivity index (χ4n) is 2.33. The van der Waals surface area contributed by atoms with Crippen molar-refractivity contribution in [2.45, 2.75) is 25.9 Å². The Morgan fingerprint density at radius 2 is 1.76 bits per heavy atom. The topological polar surface area (TPSA) is 29.5 Å². The molecule has 1 N–H and O–H groups in total. The van der Waals surface area contributed by atoms with Crippen molar-refractivity contribution < 1.29 is 9.84 Å². The van der Waals surface area contributed by atoms with Crippen LogP contribution >= 0.6 is 23.2 Å². The summed E-state index contributed by atoms with van der Waals surface area (Å²) < 4.78 is 5.34. The number of aliphatic hydroxyl groups is 1. The van der Waals surface area contributed by atoms with Crippen molar-refractivity contribution in [1.82, 2.24) is 0 Å². The minimum Gasteiger partial charge on any atom is -0.496 e. The molecule has 0 fully saturated rings. The van der Waals surface area contributed by atoms with Gasteiger partial charge in [0.25, 0.3) is 0 Å². The monoisotopic (exact) mass is 324 g/mol. The highest BCUT2D eigenvalue weighted by Gasteiger charge is 2.13. The Bertz CT molecular complexity index is 626. The molecule has 0 aliphatic heterocycles. The van der Waals surface area contributed by atoms with Crippen LogP contribution in [0.3, 0.4) is 0 Å². The van der Waals surface area contributed by atoms with Crippen LogP contribution in [-0.2, 0) is 12.8 Å². The van der Waals surface area contributed by atoms with E-state index in [1.54, 1.807) is 19.2 Å². The molecule has 2 rings (SSSR count). The lowest BCUT2D eigenvalue weighted by atomic mass is 9.99. The minimum atomic E-state index is -0.528. The highest BCUT2D eigenvalue weighted by atomic mass is 35.5. The zero-order valence-corrected chi connectivity index (χ0v) is 13.6. The number of hydrogen-bond donors (Lipinski definition) is 1. The number of rotatable bonds is 5. The van der Waals surface area contributed by atoms with E-state index in [0.29, 0.717) is 22.9 Å². The summed E-state index contributed by atoms with van der Waals surface area (Å²) in [5, 5.41) is 11.5. The maximum absolute atomic E-state index is 10.3. The highest BCUT2D eigenvalue weighted by Crippen LogP contribution is 2.25. The van der Waals surface area contributed by atoms with Gasteiger partial charge in [-0.2, -0.15) is 0 Å². The van der Waals surface area contributed by atoms with Crippen LogP contribution in [0.15, 0.2) is 36.4 Å². The van der Waals surface area contributed by atoms with Crippen LogP contribution in [0.1, 0.15) is 16.7 Å². The van der Waals surface area contributed by atoms with E-state index in [4.69, 9.17) is 27.9 Å². The van der Waals surface area contributed by atoms with E-state index >= 15 is 0 Å². The van der Waals surface area contributed by atoms with Crippen LogP contribution in [0.5, 0.6) is 5.75 Å². The molecular weight excluding hydrogens is 307 g/mol. The van der Waals surface area contributed by atoms with Crippen LogP contribution in [0.25, 0.3) is 0 Å². The van der Waals surface area contributed by atoms with Crippen molar-refractivity contribution in [3.8, 4) is 5.75 Å². The average molecular weight is 325 g/mol. The van der Waals surface area contributed by atoms with Gasteiger partial charge in [0.05, 0.1) is 13.2 Å². The fourth-order valence-corrected chi connectivity index (χ4v) is 2.82. The predicted octanol–water partition coefficient (Wildman–Crippen LogP) is 4.46. The first kappa shape index (κ1) is 16.2. The van der Waals surface area contributed by atoms with Gasteiger partial charge in [-0.1, -0.05) is 47.0 Å². The fraction of sp³-hybridized carbons (Fsp3) is 0.294. The van der Waals surface area contributed by atoms with Gasteiger partial charge < -0.3 is 9.84 Å². The quantitative estimate of drug-likeness (QED) is 0.880. The molecule has 1 atom stereocenters. The lowest BCUT2D eigenvalue weighted by Gasteiger charge is -2.15. The average Bonchev–Trinajstić information content (AvgIpc) is 2.42. The molecule has 0 amide bonds. The Hall–Kier alpha value is -1.22. The summed E-state index contributed by atoms with van der Waals surface area (Å²) in [5.41, 5.74) is 3.03. The summed E-state index contributed by atoms with van der Waals surface area (Å²) in [6.45, 7) is 2.02. The van der Waals surface area contributed by atoms with Crippen molar-refractivity contribution in [2.75, 3.05) is 7.11 Å². The molecule has 0 heterocycles. The largest absolute Gasteiger partial charge is 0.496 e. The Labute approximate surface area is 135 Å². The number of ether oxygens (including phenoxy) is 1. The number of benzene rings is 2. The Balaban J connectivity index is 2.11. The van der Waals surface area contributed by atoms with Gasteiger partial charge in [0, 0.05) is 22.9 Å². The second-order valence-corrected chi connectivity index (χ2v) is 5.96. The molecule has 0 spiro atoms. The number of halogens is 2. The maximum atomic E-state index is 10.3. The van der Waals surface area contributed by atoms with Gasteiger partial charge in [0.2, 0.25) is 0 Å². The van der Waals surface area contributed by atoms with Crippen molar-refractivity contribution in [3.05, 3.63) is 63.1 Å². The number of aryl methyl sites for hydroxylation is 1. The highest BCUT2D eigenvalue weighted by molar-refractivity contribution is 6.35. The maximum Gasteiger partial charge on any atom is 0.122 e. The molecule has 0 aliphatic rings. The summed E-state index contributed by atoms with van der Waals surface area (Å²) >= 11 is 12.0. The molecular formula is C17H18Cl2O2. The van der Waals surface area contributed by atoms with Gasteiger partial charge in [0.1, 0.15) is 5.75 Å². The van der Waals surface area contributed by atoms with Crippen molar-refractivity contribution in [1.29, 1.82) is 0 Å². The molecule has 2 aromatic rings. The third-order valence-electron chi connectivity index (χ3n) is 3.36. The predicted molar refractivity (Wildman–Crippen MR) is 87.6 cm³/mol. The lowest BCUT2D eigenvalue weighted by molar-refractivity contribution is 0.174. The zero-order valence-electron chi connectivity index (χ0n) is 12.1. The van der Waals surface area contributed by atoms with Crippen LogP contribution in [-0.4, -0.2) is 18.3 Å². The molecule has 0 saturated heterocycles. The second-order valence-electron chi connectivity index (χ2n) is 5.11. The Kier molecular flexibility index (Phi) is 5.51. The normalized spacial score (nSPS) is 12.2. The smallest absolute Gasteiger partial charge is 0.122 e. The van der Waals surface area contributed by atoms with Gasteiger partial charge in [-0.05, 0) is 36.2 Å². The molecule has 0 radical (unpaired) electrons. The molecule has 4 heteroatoms. The molecule has 0 aliphatic carbocycles. The summed E-state index contributed by atoms with van der Waals surface area (Å²) in [4.78, 5) is 0. The Morgan fingerprint density at radius 1 is 1.05 bits per heavy atom. The van der Waals surface area contributed by atoms with E-state index in [1.165, 1.54) is 0 Å². The van der Waals surface area contributed by atoms with Crippen molar-refractivity contribution >= 4 is 23.2 Å². The molecule has 2 nitrogen and oxygen atoms in total. The van der Waals surface area contributed by atoms with Gasteiger partial charge in [-0.3, -0.25) is 0 Å². The zero-order chi connectivity index (χ0) is 15.4. The second kappa shape index (κ2) is 7.17. The summed E-state index contributed by atoms with van der Waals surface area (Å²) in [6, 6.07) is 11.3. The molecule has 21 heavy (non-hydrogen) atoms. The third kappa shape index (κ3) is 4.37. The van der Waals surface area contributed by atoms with E-state index in [1.807, 2.05) is 31.2 Å². The standard InChI is InChI=1S/C17H18Cl2O2/c1-11-3-6-17(21-2)13(7-11)9-15(20)8-12-4-5-14(18)10-16(12)19/h3-7,10,15,20H,8-9H2,1-2H3. The van der Waals surface area contributed by atoms with Crippen LogP contribution in [0, 0.1) is 6.92 Å². The van der Waals surface area contributed by atoms with E-state index in [-0.39, 0.29) is 0 Å². The van der Waals surface area contributed by atoms with E-state index in [0.717, 1.165) is 22.4 Å². The molecule has 2 aromatic carbocycles. The minimum absolute atomic E-state index is 0.479. The van der Waals surface area contributed by atoms with Crippen LogP contribution in [0.2, 0.25) is 10.0 Å². The van der Waals surface area contributed by atoms with Gasteiger partial charge in [0.15, 0.2) is 0 Å². The first-order chi connectivity index (χ1) is 9.99. The first-order valence-corrected chi connectivity index (χ1v) is 7.50. The SMILES string of the molecule is COc1ccc(C)cc1CC(O)Cc1ccc(Cl)cc1Cl. The number of methoxy groups -OCH3 is 1. The lowest BCUT2D eigenvalue weighted by Crippen LogP contribution is -2.15. The Morgan fingerprint density at radius 3 is 2.43 bits per heavy atom.